The van der Waals surface area contributed by atoms with E-state index in [0.717, 1.165) is 0 Å². The molecule has 2 atom stereocenters. The summed E-state index contributed by atoms with van der Waals surface area (Å²) in [5.74, 6) is -4.73. The molecule has 28 heavy (non-hydrogen) atoms. The Morgan fingerprint density at radius 2 is 1.61 bits per heavy atom. The first kappa shape index (κ1) is 25.6. The van der Waals surface area contributed by atoms with Crippen LogP contribution in [0.15, 0.2) is 12.2 Å². The van der Waals surface area contributed by atoms with E-state index < -0.39 is 47.0 Å². The molecule has 0 heterocycles. The number of carbonyl (C=O) groups is 4. The zero-order valence-electron chi connectivity index (χ0n) is 17.3. The zero-order chi connectivity index (χ0) is 22.0. The molecule has 0 aliphatic heterocycles. The Kier molecular flexibility index (Phi) is 10.5. The zero-order valence-corrected chi connectivity index (χ0v) is 17.3. The highest BCUT2D eigenvalue weighted by molar-refractivity contribution is 5.88. The fourth-order valence-electron chi connectivity index (χ4n) is 2.57. The molecule has 0 bridgehead atoms. The van der Waals surface area contributed by atoms with Gasteiger partial charge in [-0.1, -0.05) is 19.1 Å². The Balaban J connectivity index is 5.68. The van der Waals surface area contributed by atoms with Crippen molar-refractivity contribution in [1.29, 1.82) is 0 Å². The molecule has 0 amide bonds. The number of aliphatic carboxylic acids is 2. The van der Waals surface area contributed by atoms with Crippen LogP contribution in [0.2, 0.25) is 0 Å². The molecule has 0 aliphatic carbocycles. The summed E-state index contributed by atoms with van der Waals surface area (Å²) in [5.41, 5.74) is -2.60. The second-order valence-electron chi connectivity index (χ2n) is 7.53. The normalized spacial score (nSPS) is 14.9. The maximum atomic E-state index is 12.6. The number of carboxylic acid groups (broad SMARTS) is 2. The van der Waals surface area contributed by atoms with Crippen molar-refractivity contribution in [3.05, 3.63) is 12.2 Å². The van der Waals surface area contributed by atoms with Crippen LogP contribution in [-0.2, 0) is 28.7 Å². The molecule has 0 saturated heterocycles. The van der Waals surface area contributed by atoms with E-state index >= 15 is 0 Å². The lowest BCUT2D eigenvalue weighted by molar-refractivity contribution is -0.171. The van der Waals surface area contributed by atoms with Gasteiger partial charge in [-0.3, -0.25) is 19.2 Å². The molecule has 0 aromatic heterocycles. The molecule has 0 spiro atoms. The Morgan fingerprint density at radius 1 is 1.00 bits per heavy atom. The molecular weight excluding hydrogens is 368 g/mol. The van der Waals surface area contributed by atoms with Gasteiger partial charge in [0, 0.05) is 0 Å². The van der Waals surface area contributed by atoms with Crippen LogP contribution in [0, 0.1) is 16.7 Å². The lowest BCUT2D eigenvalue weighted by Gasteiger charge is -2.32. The first-order valence-electron chi connectivity index (χ1n) is 9.36. The average molecular weight is 400 g/mol. The van der Waals surface area contributed by atoms with Gasteiger partial charge in [0.2, 0.25) is 0 Å². The summed E-state index contributed by atoms with van der Waals surface area (Å²) in [5, 5.41) is 18.4. The fraction of sp³-hybridized carbons (Fsp3) is 0.700. The van der Waals surface area contributed by atoms with Crippen molar-refractivity contribution in [3.63, 3.8) is 0 Å². The van der Waals surface area contributed by atoms with Crippen LogP contribution >= 0.6 is 0 Å². The highest BCUT2D eigenvalue weighted by Crippen LogP contribution is 2.37. The highest BCUT2D eigenvalue weighted by atomic mass is 16.5. The quantitative estimate of drug-likeness (QED) is 0.357. The summed E-state index contributed by atoms with van der Waals surface area (Å²) in [6.45, 7) is 8.13. The van der Waals surface area contributed by atoms with Crippen molar-refractivity contribution >= 4 is 23.9 Å². The van der Waals surface area contributed by atoms with Crippen LogP contribution in [0.3, 0.4) is 0 Å². The van der Waals surface area contributed by atoms with Crippen LogP contribution in [0.25, 0.3) is 0 Å². The van der Waals surface area contributed by atoms with Crippen molar-refractivity contribution in [3.8, 4) is 0 Å². The molecule has 0 radical (unpaired) electrons. The topological polar surface area (TPSA) is 127 Å². The van der Waals surface area contributed by atoms with E-state index in [9.17, 15) is 24.3 Å². The molecule has 160 valence electrons. The third kappa shape index (κ3) is 7.70. The summed E-state index contributed by atoms with van der Waals surface area (Å²) >= 11 is 0. The van der Waals surface area contributed by atoms with Gasteiger partial charge in [0.05, 0.1) is 36.4 Å². The minimum absolute atomic E-state index is 0.0286. The van der Waals surface area contributed by atoms with Gasteiger partial charge in [-0.05, 0) is 47.0 Å². The van der Waals surface area contributed by atoms with Gasteiger partial charge in [-0.25, -0.2) is 0 Å². The number of hydrogen-bond donors (Lipinski definition) is 2. The lowest BCUT2D eigenvalue weighted by Crippen LogP contribution is -2.43. The van der Waals surface area contributed by atoms with Gasteiger partial charge in [0.1, 0.15) is 0 Å². The maximum Gasteiger partial charge on any atom is 0.313 e. The van der Waals surface area contributed by atoms with Crippen LogP contribution in [0.5, 0.6) is 0 Å². The molecule has 0 fully saturated rings. The molecule has 0 aromatic rings. The maximum absolute atomic E-state index is 12.6. The number of esters is 2. The van der Waals surface area contributed by atoms with Gasteiger partial charge in [0.15, 0.2) is 0 Å². The van der Waals surface area contributed by atoms with Gasteiger partial charge >= 0.3 is 23.9 Å². The van der Waals surface area contributed by atoms with Crippen molar-refractivity contribution in [1.82, 2.24) is 0 Å². The number of carbonyl (C=O) groups excluding carboxylic acids is 2. The minimum Gasteiger partial charge on any atom is -0.481 e. The van der Waals surface area contributed by atoms with Crippen molar-refractivity contribution < 1.29 is 38.9 Å². The molecule has 2 N–H and O–H groups in total. The van der Waals surface area contributed by atoms with E-state index in [4.69, 9.17) is 14.6 Å². The predicted octanol–water partition coefficient (Wildman–Crippen LogP) is 3.05. The molecule has 8 nitrogen and oxygen atoms in total. The molecule has 0 aromatic carbocycles. The number of hydrogen-bond acceptors (Lipinski definition) is 6. The lowest BCUT2D eigenvalue weighted by atomic mass is 9.72. The molecule has 0 rings (SSSR count). The third-order valence-corrected chi connectivity index (χ3v) is 4.51. The molecule has 0 saturated carbocycles. The molecule has 2 unspecified atom stereocenters. The molecule has 0 aliphatic rings. The van der Waals surface area contributed by atoms with E-state index in [1.54, 1.807) is 32.9 Å². The highest BCUT2D eigenvalue weighted by Gasteiger charge is 2.48. The van der Waals surface area contributed by atoms with Crippen molar-refractivity contribution in [2.45, 2.75) is 60.3 Å². The van der Waals surface area contributed by atoms with Crippen LogP contribution < -0.4 is 0 Å². The Morgan fingerprint density at radius 3 is 2.07 bits per heavy atom. The van der Waals surface area contributed by atoms with Crippen molar-refractivity contribution in [2.24, 2.45) is 16.7 Å². The predicted molar refractivity (Wildman–Crippen MR) is 102 cm³/mol. The largest absolute Gasteiger partial charge is 0.481 e. The Labute approximate surface area is 165 Å². The van der Waals surface area contributed by atoms with Gasteiger partial charge in [0.25, 0.3) is 0 Å². The smallest absolute Gasteiger partial charge is 0.313 e. The van der Waals surface area contributed by atoms with Gasteiger partial charge in [-0.2, -0.15) is 0 Å². The van der Waals surface area contributed by atoms with E-state index in [1.165, 1.54) is 6.92 Å². The molecule has 8 heteroatoms. The van der Waals surface area contributed by atoms with Crippen LogP contribution in [0.4, 0.5) is 0 Å². The summed E-state index contributed by atoms with van der Waals surface area (Å²) in [7, 11) is 0. The van der Waals surface area contributed by atoms with Gasteiger partial charge < -0.3 is 19.7 Å². The fourth-order valence-corrected chi connectivity index (χ4v) is 2.57. The Bertz CT molecular complexity index is 593. The van der Waals surface area contributed by atoms with E-state index in [0.29, 0.717) is 6.42 Å². The van der Waals surface area contributed by atoms with Gasteiger partial charge in [-0.15, -0.1) is 0 Å². The third-order valence-electron chi connectivity index (χ3n) is 4.51. The van der Waals surface area contributed by atoms with E-state index in [1.807, 2.05) is 6.92 Å². The van der Waals surface area contributed by atoms with Crippen LogP contribution in [0.1, 0.15) is 60.3 Å². The molecular formula is C20H32O8. The Hall–Kier alpha value is -2.38. The summed E-state index contributed by atoms with van der Waals surface area (Å²) < 4.78 is 10.2. The summed E-state index contributed by atoms with van der Waals surface area (Å²) in [6.07, 6.45) is 3.43. The minimum atomic E-state index is -1.61. The number of ether oxygens (including phenoxy) is 2. The number of rotatable bonds is 13. The van der Waals surface area contributed by atoms with E-state index in [-0.39, 0.29) is 26.1 Å². The summed E-state index contributed by atoms with van der Waals surface area (Å²) in [4.78, 5) is 47.6. The summed E-state index contributed by atoms with van der Waals surface area (Å²) in [6, 6.07) is 0. The monoisotopic (exact) mass is 400 g/mol. The average Bonchev–Trinajstić information content (AvgIpc) is 2.58. The second-order valence-corrected chi connectivity index (χ2v) is 7.53. The number of carboxylic acids is 2. The second kappa shape index (κ2) is 11.5. The first-order valence-corrected chi connectivity index (χ1v) is 9.36. The van der Waals surface area contributed by atoms with E-state index in [2.05, 4.69) is 0 Å². The SMILES string of the molecule is CCCOC(=O)C(CC=CCC(C)(C)C(=O)O)C(C)(CC(=O)O)C(=O)OCC. The van der Waals surface area contributed by atoms with Crippen molar-refractivity contribution in [2.75, 3.05) is 13.2 Å². The van der Waals surface area contributed by atoms with Crippen LogP contribution in [-0.4, -0.2) is 47.3 Å². The number of allylic oxidation sites excluding steroid dienone is 2. The first-order chi connectivity index (χ1) is 12.9. The standard InChI is InChI=1S/C20H32O8/c1-6-12-28-16(23)14(10-8-9-11-19(3,4)17(24)25)20(5,13-15(21)22)18(26)27-7-2/h8-9,14H,6-7,10-13H2,1-5H3,(H,21,22)(H,24,25).